The molecule has 0 aromatic heterocycles. The summed E-state index contributed by atoms with van der Waals surface area (Å²) in [4.78, 5) is 25.0. The predicted molar refractivity (Wildman–Crippen MR) is 80.3 cm³/mol. The SMILES string of the molecule is CS(=O)(=O)N1CCCN(C(=O)c2cccc(C(=O)O)c2)CC1. The molecule has 0 radical (unpaired) electrons. The molecule has 1 aromatic carbocycles. The van der Waals surface area contributed by atoms with E-state index in [0.29, 0.717) is 31.6 Å². The number of carbonyl (C=O) groups is 2. The molecule has 1 saturated heterocycles. The van der Waals surface area contributed by atoms with Crippen molar-refractivity contribution in [1.29, 1.82) is 0 Å². The maximum Gasteiger partial charge on any atom is 0.335 e. The number of carboxylic acids is 1. The summed E-state index contributed by atoms with van der Waals surface area (Å²) in [5.74, 6) is -1.37. The molecule has 22 heavy (non-hydrogen) atoms. The summed E-state index contributed by atoms with van der Waals surface area (Å²) in [6.45, 7) is 1.38. The molecule has 0 atom stereocenters. The van der Waals surface area contributed by atoms with Crippen LogP contribution in [0.4, 0.5) is 0 Å². The summed E-state index contributed by atoms with van der Waals surface area (Å²) >= 11 is 0. The highest BCUT2D eigenvalue weighted by Gasteiger charge is 2.24. The van der Waals surface area contributed by atoms with Crippen LogP contribution in [0.15, 0.2) is 24.3 Å². The van der Waals surface area contributed by atoms with Crippen molar-refractivity contribution in [3.8, 4) is 0 Å². The Morgan fingerprint density at radius 2 is 1.77 bits per heavy atom. The first kappa shape index (κ1) is 16.4. The fourth-order valence-corrected chi connectivity index (χ4v) is 3.27. The average molecular weight is 326 g/mol. The molecule has 1 fully saturated rings. The molecule has 1 aliphatic rings. The normalized spacial score (nSPS) is 17.0. The molecule has 1 heterocycles. The van der Waals surface area contributed by atoms with Crippen LogP contribution in [0.5, 0.6) is 0 Å². The second-order valence-corrected chi connectivity index (χ2v) is 7.18. The van der Waals surface area contributed by atoms with Crippen LogP contribution >= 0.6 is 0 Å². The molecule has 2 rings (SSSR count). The predicted octanol–water partition coefficient (Wildman–Crippen LogP) is 0.492. The second kappa shape index (κ2) is 6.45. The highest BCUT2D eigenvalue weighted by molar-refractivity contribution is 7.88. The molecule has 1 aromatic rings. The largest absolute Gasteiger partial charge is 0.478 e. The summed E-state index contributed by atoms with van der Waals surface area (Å²) in [5, 5.41) is 8.97. The molecule has 0 bridgehead atoms. The molecule has 120 valence electrons. The monoisotopic (exact) mass is 326 g/mol. The quantitative estimate of drug-likeness (QED) is 0.872. The molecular formula is C14H18N2O5S. The van der Waals surface area contributed by atoms with Crippen molar-refractivity contribution in [2.24, 2.45) is 0 Å². The van der Waals surface area contributed by atoms with E-state index in [-0.39, 0.29) is 18.0 Å². The standard InChI is InChI=1S/C14H18N2O5S/c1-22(20,21)16-7-3-6-15(8-9-16)13(17)11-4-2-5-12(10-11)14(18)19/h2,4-5,10H,3,6-9H2,1H3,(H,18,19). The number of hydrogen-bond acceptors (Lipinski definition) is 4. The lowest BCUT2D eigenvalue weighted by atomic mass is 10.1. The minimum absolute atomic E-state index is 0.0541. The van der Waals surface area contributed by atoms with E-state index in [1.165, 1.54) is 22.5 Å². The first-order chi connectivity index (χ1) is 10.3. The van der Waals surface area contributed by atoms with Crippen LogP contribution in [0, 0.1) is 0 Å². The molecule has 1 N–H and O–H groups in total. The van der Waals surface area contributed by atoms with Crippen LogP contribution in [0.1, 0.15) is 27.1 Å². The van der Waals surface area contributed by atoms with Crippen molar-refractivity contribution in [1.82, 2.24) is 9.21 Å². The zero-order valence-electron chi connectivity index (χ0n) is 12.2. The van der Waals surface area contributed by atoms with Gasteiger partial charge in [0.25, 0.3) is 5.91 Å². The van der Waals surface area contributed by atoms with E-state index in [0.717, 1.165) is 6.26 Å². The van der Waals surface area contributed by atoms with Crippen LogP contribution in [-0.2, 0) is 10.0 Å². The van der Waals surface area contributed by atoms with Gasteiger partial charge in [-0.2, -0.15) is 0 Å². The number of aromatic carboxylic acids is 1. The number of hydrogen-bond donors (Lipinski definition) is 1. The van der Waals surface area contributed by atoms with E-state index in [4.69, 9.17) is 5.11 Å². The number of amides is 1. The van der Waals surface area contributed by atoms with E-state index in [1.807, 2.05) is 0 Å². The highest BCUT2D eigenvalue weighted by atomic mass is 32.2. The fraction of sp³-hybridized carbons (Fsp3) is 0.429. The number of carboxylic acid groups (broad SMARTS) is 1. The van der Waals surface area contributed by atoms with Gasteiger partial charge in [-0.25, -0.2) is 17.5 Å². The van der Waals surface area contributed by atoms with Crippen molar-refractivity contribution in [2.45, 2.75) is 6.42 Å². The molecule has 0 aliphatic carbocycles. The van der Waals surface area contributed by atoms with Crippen LogP contribution in [0.25, 0.3) is 0 Å². The summed E-state index contributed by atoms with van der Waals surface area (Å²) in [5.41, 5.74) is 0.353. The smallest absolute Gasteiger partial charge is 0.335 e. The Bertz CT molecular complexity index is 686. The Balaban J connectivity index is 2.13. The fourth-order valence-electron chi connectivity index (χ4n) is 2.40. The summed E-state index contributed by atoms with van der Waals surface area (Å²) < 4.78 is 24.5. The molecule has 8 heteroatoms. The van der Waals surface area contributed by atoms with Crippen LogP contribution < -0.4 is 0 Å². The van der Waals surface area contributed by atoms with Gasteiger partial charge in [-0.05, 0) is 24.6 Å². The van der Waals surface area contributed by atoms with E-state index in [9.17, 15) is 18.0 Å². The van der Waals surface area contributed by atoms with Crippen LogP contribution in [0.2, 0.25) is 0 Å². The average Bonchev–Trinajstić information content (AvgIpc) is 2.72. The number of rotatable bonds is 3. The summed E-state index contributed by atoms with van der Waals surface area (Å²) in [6, 6.07) is 5.85. The Morgan fingerprint density at radius 3 is 2.41 bits per heavy atom. The zero-order valence-corrected chi connectivity index (χ0v) is 13.0. The topological polar surface area (TPSA) is 95.0 Å². The molecule has 7 nitrogen and oxygen atoms in total. The van der Waals surface area contributed by atoms with Gasteiger partial charge >= 0.3 is 5.97 Å². The van der Waals surface area contributed by atoms with Crippen molar-refractivity contribution in [3.05, 3.63) is 35.4 Å². The van der Waals surface area contributed by atoms with E-state index in [2.05, 4.69) is 0 Å². The van der Waals surface area contributed by atoms with Gasteiger partial charge in [0.05, 0.1) is 11.8 Å². The third kappa shape index (κ3) is 3.83. The lowest BCUT2D eigenvalue weighted by Crippen LogP contribution is -2.37. The Hall–Kier alpha value is -1.93. The Labute approximate surface area is 129 Å². The Kier molecular flexibility index (Phi) is 4.82. The van der Waals surface area contributed by atoms with E-state index < -0.39 is 16.0 Å². The third-order valence-corrected chi connectivity index (χ3v) is 4.87. The van der Waals surface area contributed by atoms with Crippen molar-refractivity contribution in [2.75, 3.05) is 32.4 Å². The molecule has 0 spiro atoms. The molecule has 0 unspecified atom stereocenters. The van der Waals surface area contributed by atoms with Gasteiger partial charge in [-0.15, -0.1) is 0 Å². The third-order valence-electron chi connectivity index (χ3n) is 3.57. The highest BCUT2D eigenvalue weighted by Crippen LogP contribution is 2.12. The summed E-state index contributed by atoms with van der Waals surface area (Å²) in [7, 11) is -3.26. The van der Waals surface area contributed by atoms with Gasteiger partial charge in [0, 0.05) is 31.7 Å². The van der Waals surface area contributed by atoms with E-state index in [1.54, 1.807) is 11.0 Å². The maximum absolute atomic E-state index is 12.4. The first-order valence-corrected chi connectivity index (χ1v) is 8.71. The van der Waals surface area contributed by atoms with Gasteiger partial charge in [0.2, 0.25) is 10.0 Å². The summed E-state index contributed by atoms with van der Waals surface area (Å²) in [6.07, 6.45) is 1.71. The van der Waals surface area contributed by atoms with Gasteiger partial charge in [-0.3, -0.25) is 4.79 Å². The minimum Gasteiger partial charge on any atom is -0.478 e. The molecular weight excluding hydrogens is 308 g/mol. The van der Waals surface area contributed by atoms with E-state index >= 15 is 0 Å². The zero-order chi connectivity index (χ0) is 16.3. The van der Waals surface area contributed by atoms with Crippen molar-refractivity contribution in [3.63, 3.8) is 0 Å². The molecule has 0 saturated carbocycles. The lowest BCUT2D eigenvalue weighted by molar-refractivity contribution is 0.0697. The van der Waals surface area contributed by atoms with Gasteiger partial charge in [0.15, 0.2) is 0 Å². The van der Waals surface area contributed by atoms with Gasteiger partial charge < -0.3 is 10.0 Å². The number of sulfonamides is 1. The van der Waals surface area contributed by atoms with Crippen LogP contribution in [0.3, 0.4) is 0 Å². The molecule has 1 aliphatic heterocycles. The first-order valence-electron chi connectivity index (χ1n) is 6.87. The van der Waals surface area contributed by atoms with Crippen molar-refractivity contribution < 1.29 is 23.1 Å². The number of carbonyl (C=O) groups excluding carboxylic acids is 1. The van der Waals surface area contributed by atoms with Crippen molar-refractivity contribution >= 4 is 21.9 Å². The van der Waals surface area contributed by atoms with Gasteiger partial charge in [0.1, 0.15) is 0 Å². The second-order valence-electron chi connectivity index (χ2n) is 5.19. The van der Waals surface area contributed by atoms with Crippen LogP contribution in [-0.4, -0.2) is 67.0 Å². The minimum atomic E-state index is -3.26. The molecule has 1 amide bonds. The Morgan fingerprint density at radius 1 is 1.09 bits per heavy atom. The van der Waals surface area contributed by atoms with Gasteiger partial charge in [-0.1, -0.05) is 6.07 Å². The number of nitrogens with zero attached hydrogens (tertiary/aromatic N) is 2. The lowest BCUT2D eigenvalue weighted by Gasteiger charge is -2.21. The number of benzene rings is 1. The maximum atomic E-state index is 12.4.